The Hall–Kier alpha value is -1.57. The number of aromatic nitrogens is 1. The van der Waals surface area contributed by atoms with Gasteiger partial charge < -0.3 is 15.6 Å². The minimum atomic E-state index is -3.50. The minimum Gasteiger partial charge on any atom is -0.359 e. The number of hydrogen-bond acceptors (Lipinski definition) is 4. The number of piperidine rings is 1. The molecule has 0 radical (unpaired) electrons. The van der Waals surface area contributed by atoms with Crippen LogP contribution >= 0.6 is 12.4 Å². The second-order valence-corrected chi connectivity index (χ2v) is 8.55. The lowest BCUT2D eigenvalue weighted by Crippen LogP contribution is -2.55. The van der Waals surface area contributed by atoms with Gasteiger partial charge in [0.05, 0.1) is 0 Å². The van der Waals surface area contributed by atoms with E-state index in [0.29, 0.717) is 31.6 Å². The molecule has 132 valence electrons. The molecule has 1 aromatic carbocycles. The zero-order chi connectivity index (χ0) is 16.7. The first kappa shape index (κ1) is 18.8. The highest BCUT2D eigenvalue weighted by Gasteiger charge is 2.48. The Morgan fingerprint density at radius 1 is 1.21 bits per heavy atom. The predicted molar refractivity (Wildman–Crippen MR) is 98.6 cm³/mol. The van der Waals surface area contributed by atoms with Crippen molar-refractivity contribution in [1.29, 1.82) is 0 Å². The SMILES string of the molecule is Cc1cc2cc(NC(=O)C3(S(C)(=O)=O)CCNCC3)ccc2[nH]1.Cl. The van der Waals surface area contributed by atoms with E-state index in [9.17, 15) is 13.2 Å². The zero-order valence-electron chi connectivity index (χ0n) is 13.7. The fourth-order valence-electron chi connectivity index (χ4n) is 3.20. The summed E-state index contributed by atoms with van der Waals surface area (Å²) in [5, 5.41) is 6.89. The van der Waals surface area contributed by atoms with Crippen LogP contribution in [0.4, 0.5) is 5.69 Å². The summed E-state index contributed by atoms with van der Waals surface area (Å²) in [6.07, 6.45) is 1.74. The quantitative estimate of drug-likeness (QED) is 0.769. The first-order chi connectivity index (χ1) is 10.8. The highest BCUT2D eigenvalue weighted by molar-refractivity contribution is 7.92. The molecular weight excluding hydrogens is 350 g/mol. The number of H-pyrrole nitrogens is 1. The molecule has 1 fully saturated rings. The molecular formula is C16H22ClN3O3S. The summed E-state index contributed by atoms with van der Waals surface area (Å²) in [4.78, 5) is 16.0. The van der Waals surface area contributed by atoms with Gasteiger partial charge >= 0.3 is 0 Å². The number of nitrogens with one attached hydrogen (secondary N) is 3. The maximum Gasteiger partial charge on any atom is 0.245 e. The fourth-order valence-corrected chi connectivity index (χ4v) is 4.53. The lowest BCUT2D eigenvalue weighted by atomic mass is 9.95. The van der Waals surface area contributed by atoms with Gasteiger partial charge in [0.2, 0.25) is 5.91 Å². The number of hydrogen-bond donors (Lipinski definition) is 3. The van der Waals surface area contributed by atoms with Crippen molar-refractivity contribution in [3.8, 4) is 0 Å². The van der Waals surface area contributed by atoms with Crippen LogP contribution < -0.4 is 10.6 Å². The summed E-state index contributed by atoms with van der Waals surface area (Å²) < 4.78 is 23.2. The fraction of sp³-hybridized carbons (Fsp3) is 0.438. The molecule has 1 amide bonds. The van der Waals surface area contributed by atoms with Crippen molar-refractivity contribution in [2.75, 3.05) is 24.7 Å². The Kier molecular flexibility index (Phi) is 5.27. The maximum absolute atomic E-state index is 12.8. The number of halogens is 1. The molecule has 3 N–H and O–H groups in total. The van der Waals surface area contributed by atoms with E-state index in [1.807, 2.05) is 25.1 Å². The molecule has 24 heavy (non-hydrogen) atoms. The lowest BCUT2D eigenvalue weighted by Gasteiger charge is -2.34. The van der Waals surface area contributed by atoms with E-state index < -0.39 is 20.5 Å². The van der Waals surface area contributed by atoms with Crippen LogP contribution in [0.25, 0.3) is 10.9 Å². The number of aryl methyl sites for hydroxylation is 1. The average molecular weight is 372 g/mol. The number of aromatic amines is 1. The normalized spacial score (nSPS) is 17.2. The van der Waals surface area contributed by atoms with Crippen LogP contribution in [0.3, 0.4) is 0 Å². The third-order valence-corrected chi connectivity index (χ3v) is 6.56. The van der Waals surface area contributed by atoms with Crippen LogP contribution in [0.15, 0.2) is 24.3 Å². The Labute approximate surface area is 147 Å². The Bertz CT molecular complexity index is 855. The van der Waals surface area contributed by atoms with Crippen LogP contribution in [0.5, 0.6) is 0 Å². The summed E-state index contributed by atoms with van der Waals surface area (Å²) in [5.41, 5.74) is 2.64. The summed E-state index contributed by atoms with van der Waals surface area (Å²) in [5.74, 6) is -0.437. The molecule has 1 aromatic heterocycles. The van der Waals surface area contributed by atoms with E-state index in [2.05, 4.69) is 15.6 Å². The summed E-state index contributed by atoms with van der Waals surface area (Å²) >= 11 is 0. The van der Waals surface area contributed by atoms with Gasteiger partial charge in [-0.3, -0.25) is 4.79 Å². The van der Waals surface area contributed by atoms with Crippen molar-refractivity contribution in [3.63, 3.8) is 0 Å². The Balaban J connectivity index is 0.00000208. The summed E-state index contributed by atoms with van der Waals surface area (Å²) in [7, 11) is -3.50. The number of fused-ring (bicyclic) bond motifs is 1. The molecule has 6 nitrogen and oxygen atoms in total. The smallest absolute Gasteiger partial charge is 0.245 e. The average Bonchev–Trinajstić information content (AvgIpc) is 2.86. The molecule has 2 heterocycles. The highest BCUT2D eigenvalue weighted by atomic mass is 35.5. The number of carbonyl (C=O) groups excluding carboxylic acids is 1. The van der Waals surface area contributed by atoms with Crippen molar-refractivity contribution >= 4 is 44.7 Å². The van der Waals surface area contributed by atoms with Crippen molar-refractivity contribution in [1.82, 2.24) is 10.3 Å². The molecule has 8 heteroatoms. The molecule has 0 bridgehead atoms. The number of amides is 1. The van der Waals surface area contributed by atoms with E-state index in [1.54, 1.807) is 6.07 Å². The second-order valence-electron chi connectivity index (χ2n) is 6.22. The summed E-state index contributed by atoms with van der Waals surface area (Å²) in [6, 6.07) is 7.51. The number of rotatable bonds is 3. The third kappa shape index (κ3) is 3.29. The van der Waals surface area contributed by atoms with Gasteiger partial charge in [0.15, 0.2) is 14.6 Å². The van der Waals surface area contributed by atoms with E-state index in [4.69, 9.17) is 0 Å². The number of benzene rings is 1. The summed E-state index contributed by atoms with van der Waals surface area (Å²) in [6.45, 7) is 3.01. The minimum absolute atomic E-state index is 0. The maximum atomic E-state index is 12.8. The van der Waals surface area contributed by atoms with Gasteiger partial charge in [0.25, 0.3) is 0 Å². The molecule has 0 unspecified atom stereocenters. The second kappa shape index (κ2) is 6.74. The first-order valence-corrected chi connectivity index (χ1v) is 9.52. The van der Waals surface area contributed by atoms with Crippen LogP contribution in [-0.2, 0) is 14.6 Å². The van der Waals surface area contributed by atoms with Crippen LogP contribution in [0, 0.1) is 6.92 Å². The Morgan fingerprint density at radius 2 is 1.88 bits per heavy atom. The lowest BCUT2D eigenvalue weighted by molar-refractivity contribution is -0.119. The molecule has 1 aliphatic rings. The molecule has 0 spiro atoms. The van der Waals surface area contributed by atoms with Gasteiger partial charge in [-0.1, -0.05) is 0 Å². The molecule has 0 saturated carbocycles. The number of sulfone groups is 1. The van der Waals surface area contributed by atoms with Gasteiger partial charge in [-0.15, -0.1) is 12.4 Å². The van der Waals surface area contributed by atoms with Gasteiger partial charge in [-0.05, 0) is 57.1 Å². The van der Waals surface area contributed by atoms with E-state index in [0.717, 1.165) is 22.9 Å². The standard InChI is InChI=1S/C16H21N3O3S.ClH/c1-11-9-12-10-13(3-4-14(12)18-11)19-15(20)16(23(2,21)22)5-7-17-8-6-16;/h3-4,9-10,17-18H,5-8H2,1-2H3,(H,19,20);1H. The molecule has 0 atom stereocenters. The molecule has 2 aromatic rings. The van der Waals surface area contributed by atoms with Gasteiger partial charge in [-0.2, -0.15) is 0 Å². The van der Waals surface area contributed by atoms with Crippen molar-refractivity contribution < 1.29 is 13.2 Å². The van der Waals surface area contributed by atoms with Crippen LogP contribution in [0.2, 0.25) is 0 Å². The van der Waals surface area contributed by atoms with E-state index >= 15 is 0 Å². The van der Waals surface area contributed by atoms with Gasteiger partial charge in [0.1, 0.15) is 0 Å². The highest BCUT2D eigenvalue weighted by Crippen LogP contribution is 2.30. The van der Waals surface area contributed by atoms with Crippen LogP contribution in [-0.4, -0.2) is 43.4 Å². The Morgan fingerprint density at radius 3 is 2.50 bits per heavy atom. The first-order valence-electron chi connectivity index (χ1n) is 7.63. The van der Waals surface area contributed by atoms with Crippen molar-refractivity contribution in [2.24, 2.45) is 0 Å². The van der Waals surface area contributed by atoms with Gasteiger partial charge in [-0.25, -0.2) is 8.42 Å². The molecule has 3 rings (SSSR count). The zero-order valence-corrected chi connectivity index (χ0v) is 15.3. The largest absolute Gasteiger partial charge is 0.359 e. The van der Waals surface area contributed by atoms with Crippen molar-refractivity contribution in [2.45, 2.75) is 24.5 Å². The van der Waals surface area contributed by atoms with E-state index in [1.165, 1.54) is 0 Å². The molecule has 1 saturated heterocycles. The molecule has 1 aliphatic heterocycles. The number of anilines is 1. The van der Waals surface area contributed by atoms with Crippen molar-refractivity contribution in [3.05, 3.63) is 30.0 Å². The topological polar surface area (TPSA) is 91.1 Å². The van der Waals surface area contributed by atoms with Crippen LogP contribution in [0.1, 0.15) is 18.5 Å². The van der Waals surface area contributed by atoms with Gasteiger partial charge in [0, 0.05) is 28.5 Å². The van der Waals surface area contributed by atoms with E-state index in [-0.39, 0.29) is 12.4 Å². The predicted octanol–water partition coefficient (Wildman–Crippen LogP) is 2.00. The third-order valence-electron chi connectivity index (χ3n) is 4.55. The number of carbonyl (C=O) groups is 1. The molecule has 0 aliphatic carbocycles. The monoisotopic (exact) mass is 371 g/mol.